The van der Waals surface area contributed by atoms with E-state index in [4.69, 9.17) is 9.47 Å². The van der Waals surface area contributed by atoms with Crippen LogP contribution in [0, 0.1) is 11.8 Å². The highest BCUT2D eigenvalue weighted by atomic mass is 19.4. The summed E-state index contributed by atoms with van der Waals surface area (Å²) in [5, 5.41) is 20.7. The van der Waals surface area contributed by atoms with Gasteiger partial charge in [-0.1, -0.05) is 30.4 Å². The Bertz CT molecular complexity index is 805. The van der Waals surface area contributed by atoms with Gasteiger partial charge in [0, 0.05) is 24.7 Å². The van der Waals surface area contributed by atoms with Crippen molar-refractivity contribution in [3.63, 3.8) is 0 Å². The van der Waals surface area contributed by atoms with Gasteiger partial charge in [-0.05, 0) is 37.5 Å². The summed E-state index contributed by atoms with van der Waals surface area (Å²) in [4.78, 5) is 12.0. The second-order valence-electron chi connectivity index (χ2n) is 7.96. The van der Waals surface area contributed by atoms with Gasteiger partial charge >= 0.3 is 12.1 Å². The first kappa shape index (κ1) is 23.3. The minimum Gasteiger partial charge on any atom is -0.491 e. The van der Waals surface area contributed by atoms with Gasteiger partial charge in [-0.3, -0.25) is 4.79 Å². The Morgan fingerprint density at radius 1 is 1.29 bits per heavy atom. The molecule has 170 valence electrons. The van der Waals surface area contributed by atoms with Crippen molar-refractivity contribution in [2.24, 2.45) is 11.8 Å². The average Bonchev–Trinajstić information content (AvgIpc) is 3.01. The normalized spacial score (nSPS) is 28.2. The number of hydrogen-bond acceptors (Lipinski definition) is 5. The number of alkyl halides is 3. The lowest BCUT2D eigenvalue weighted by atomic mass is 9.89. The molecule has 1 aliphatic heterocycles. The maximum absolute atomic E-state index is 12.8. The van der Waals surface area contributed by atoms with Crippen LogP contribution in [0.1, 0.15) is 37.7 Å². The number of allylic oxidation sites excluding steroid dienone is 2. The lowest BCUT2D eigenvalue weighted by Crippen LogP contribution is -2.25. The highest BCUT2D eigenvalue weighted by Gasteiger charge is 2.42. The van der Waals surface area contributed by atoms with Gasteiger partial charge in [0.2, 0.25) is 0 Å². The molecule has 2 N–H and O–H groups in total. The lowest BCUT2D eigenvalue weighted by Gasteiger charge is -2.23. The summed E-state index contributed by atoms with van der Waals surface area (Å²) in [7, 11) is 0. The highest BCUT2D eigenvalue weighted by molar-refractivity contribution is 5.69. The Morgan fingerprint density at radius 3 is 2.87 bits per heavy atom. The van der Waals surface area contributed by atoms with E-state index in [1.54, 1.807) is 6.08 Å². The summed E-state index contributed by atoms with van der Waals surface area (Å²) < 4.78 is 49.2. The summed E-state index contributed by atoms with van der Waals surface area (Å²) in [6.45, 7) is -0.233. The molecule has 1 saturated carbocycles. The second kappa shape index (κ2) is 10.3. The number of rotatable bonds is 5. The van der Waals surface area contributed by atoms with E-state index in [1.165, 1.54) is 18.2 Å². The molecule has 5 atom stereocenters. The van der Waals surface area contributed by atoms with Gasteiger partial charge < -0.3 is 19.7 Å². The molecule has 0 radical (unpaired) electrons. The van der Waals surface area contributed by atoms with Crippen LogP contribution in [0.2, 0.25) is 0 Å². The van der Waals surface area contributed by atoms with E-state index >= 15 is 0 Å². The molecule has 0 saturated heterocycles. The molecule has 0 bridgehead atoms. The van der Waals surface area contributed by atoms with Crippen molar-refractivity contribution >= 4 is 5.97 Å². The molecule has 0 aromatic heterocycles. The Hall–Kier alpha value is -2.32. The Labute approximate surface area is 179 Å². The largest absolute Gasteiger partial charge is 0.491 e. The van der Waals surface area contributed by atoms with E-state index < -0.39 is 30.1 Å². The second-order valence-corrected chi connectivity index (χ2v) is 7.96. The minimum atomic E-state index is -4.47. The fourth-order valence-corrected chi connectivity index (χ4v) is 4.04. The molecule has 8 heteroatoms. The van der Waals surface area contributed by atoms with Crippen molar-refractivity contribution in [1.82, 2.24) is 0 Å². The van der Waals surface area contributed by atoms with Crippen LogP contribution in [0.5, 0.6) is 5.75 Å². The molecule has 1 fully saturated rings. The molecule has 1 aromatic rings. The average molecular weight is 440 g/mol. The van der Waals surface area contributed by atoms with Crippen LogP contribution in [0.25, 0.3) is 0 Å². The van der Waals surface area contributed by atoms with Crippen molar-refractivity contribution in [1.29, 1.82) is 0 Å². The first-order chi connectivity index (χ1) is 14.7. The molecular formula is C23H27F3O5. The topological polar surface area (TPSA) is 76.0 Å². The number of carbonyl (C=O) groups is 1. The fraction of sp³-hybridized carbons (Fsp3) is 0.522. The van der Waals surface area contributed by atoms with Gasteiger partial charge in [-0.2, -0.15) is 13.2 Å². The zero-order valence-electron chi connectivity index (χ0n) is 17.0. The van der Waals surface area contributed by atoms with Crippen molar-refractivity contribution < 1.29 is 37.7 Å². The molecule has 2 aliphatic rings. The third-order valence-corrected chi connectivity index (χ3v) is 5.64. The zero-order valence-corrected chi connectivity index (χ0v) is 17.0. The number of benzene rings is 1. The van der Waals surface area contributed by atoms with Crippen LogP contribution in [-0.4, -0.2) is 41.1 Å². The number of ether oxygens (including phenoxy) is 2. The first-order valence-corrected chi connectivity index (χ1v) is 10.4. The highest BCUT2D eigenvalue weighted by Crippen LogP contribution is 2.39. The standard InChI is InChI=1S/C23H27F3O5/c24-23(25,26)15-6-5-7-17(12-15)30-14-16(27)10-11-18-19-8-3-1-2-4-9-22(29)31-21(19)13-20(18)28/h1,3,5-7,10-12,16,18-21,27-28H,2,4,8-9,13-14H2/b3-1?,11-10-/t16-,18-,19-,20-,21+/m1/s1. The Kier molecular flexibility index (Phi) is 7.78. The molecule has 0 unspecified atom stereocenters. The molecule has 3 rings (SSSR count). The van der Waals surface area contributed by atoms with Crippen LogP contribution in [-0.2, 0) is 15.7 Å². The van der Waals surface area contributed by atoms with Crippen LogP contribution in [0.4, 0.5) is 13.2 Å². The predicted octanol–water partition coefficient (Wildman–Crippen LogP) is 4.04. The van der Waals surface area contributed by atoms with Crippen molar-refractivity contribution in [2.45, 2.75) is 56.6 Å². The summed E-state index contributed by atoms with van der Waals surface area (Å²) in [5.74, 6) is -0.685. The number of aliphatic hydroxyl groups is 2. The van der Waals surface area contributed by atoms with Gasteiger partial charge in [-0.25, -0.2) is 0 Å². The SMILES string of the molecule is O=C1CCCC=CC[C@@H]2[C@@H](/C=C\[C@@H](O)COc3cccc(C(F)(F)F)c3)[C@H](O)C[C@@H]2O1. The van der Waals surface area contributed by atoms with Gasteiger partial charge in [-0.15, -0.1) is 0 Å². The number of hydrogen-bond donors (Lipinski definition) is 2. The monoisotopic (exact) mass is 440 g/mol. The van der Waals surface area contributed by atoms with Crippen molar-refractivity contribution in [3.05, 3.63) is 54.1 Å². The van der Waals surface area contributed by atoms with E-state index in [9.17, 15) is 28.2 Å². The fourth-order valence-electron chi connectivity index (χ4n) is 4.04. The zero-order chi connectivity index (χ0) is 22.4. The quantitative estimate of drug-likeness (QED) is 0.534. The molecule has 5 nitrogen and oxygen atoms in total. The van der Waals surface area contributed by atoms with E-state index in [2.05, 4.69) is 0 Å². The third kappa shape index (κ3) is 6.58. The van der Waals surface area contributed by atoms with Gasteiger partial charge in [0.25, 0.3) is 0 Å². The lowest BCUT2D eigenvalue weighted by molar-refractivity contribution is -0.151. The molecule has 31 heavy (non-hydrogen) atoms. The molecular weight excluding hydrogens is 413 g/mol. The molecule has 1 aliphatic carbocycles. The van der Waals surface area contributed by atoms with E-state index in [0.717, 1.165) is 25.0 Å². The number of aliphatic hydroxyl groups excluding tert-OH is 2. The summed E-state index contributed by atoms with van der Waals surface area (Å²) in [6, 6.07) is 4.45. The first-order valence-electron chi connectivity index (χ1n) is 10.4. The van der Waals surface area contributed by atoms with Crippen molar-refractivity contribution in [2.75, 3.05) is 6.61 Å². The van der Waals surface area contributed by atoms with Crippen LogP contribution < -0.4 is 4.74 Å². The maximum Gasteiger partial charge on any atom is 0.416 e. The van der Waals surface area contributed by atoms with E-state index in [1.807, 2.05) is 12.2 Å². The number of fused-ring (bicyclic) bond motifs is 1. The maximum atomic E-state index is 12.8. The third-order valence-electron chi connectivity index (χ3n) is 5.64. The van der Waals surface area contributed by atoms with Crippen LogP contribution >= 0.6 is 0 Å². The number of halogens is 3. The summed E-state index contributed by atoms with van der Waals surface area (Å²) in [5.41, 5.74) is -0.825. The minimum absolute atomic E-state index is 0.00706. The molecule has 0 spiro atoms. The number of esters is 1. The predicted molar refractivity (Wildman–Crippen MR) is 107 cm³/mol. The van der Waals surface area contributed by atoms with Gasteiger partial charge in [0.15, 0.2) is 0 Å². The van der Waals surface area contributed by atoms with Gasteiger partial charge in [0.05, 0.1) is 11.7 Å². The Balaban J connectivity index is 1.60. The van der Waals surface area contributed by atoms with E-state index in [-0.39, 0.29) is 30.2 Å². The molecule has 0 amide bonds. The summed E-state index contributed by atoms with van der Waals surface area (Å²) >= 11 is 0. The molecule has 1 aromatic carbocycles. The smallest absolute Gasteiger partial charge is 0.416 e. The van der Waals surface area contributed by atoms with E-state index in [0.29, 0.717) is 19.3 Å². The number of carbonyl (C=O) groups excluding carboxylic acids is 1. The Morgan fingerprint density at radius 2 is 2.10 bits per heavy atom. The van der Waals surface area contributed by atoms with Gasteiger partial charge in [0.1, 0.15) is 24.6 Å². The summed E-state index contributed by atoms with van der Waals surface area (Å²) in [6.07, 6.45) is 3.39. The molecule has 1 heterocycles. The van der Waals surface area contributed by atoms with Crippen molar-refractivity contribution in [3.8, 4) is 5.75 Å². The van der Waals surface area contributed by atoms with Crippen LogP contribution in [0.3, 0.4) is 0 Å². The van der Waals surface area contributed by atoms with Crippen LogP contribution in [0.15, 0.2) is 48.6 Å².